The topological polar surface area (TPSA) is 89.0 Å². The van der Waals surface area contributed by atoms with Gasteiger partial charge in [-0.3, -0.25) is 0 Å². The highest BCUT2D eigenvalue weighted by atomic mass is 32.1. The van der Waals surface area contributed by atoms with Crippen LogP contribution in [0, 0.1) is 11.3 Å². The minimum Gasteiger partial charge on any atom is -0.465 e. The zero-order valence-electron chi connectivity index (χ0n) is 8.35. The first-order valence-corrected chi connectivity index (χ1v) is 5.16. The van der Waals surface area contributed by atoms with Crippen molar-refractivity contribution in [2.45, 2.75) is 0 Å². The number of fused-ring (bicyclic) bond motifs is 1. The third kappa shape index (κ3) is 1.47. The molecule has 0 saturated heterocycles. The maximum absolute atomic E-state index is 11.4. The lowest BCUT2D eigenvalue weighted by molar-refractivity contribution is 0.0602. The molecule has 0 radical (unpaired) electrons. The normalized spacial score (nSPS) is 10.0. The number of rotatable bonds is 1. The van der Waals surface area contributed by atoms with Gasteiger partial charge in [0.1, 0.15) is 6.07 Å². The van der Waals surface area contributed by atoms with Gasteiger partial charge in [0.05, 0.1) is 28.6 Å². The number of nitriles is 1. The molecule has 0 saturated carbocycles. The number of nitrogens with zero attached hydrogens (tertiary/aromatic N) is 2. The van der Waals surface area contributed by atoms with E-state index in [0.29, 0.717) is 26.5 Å². The lowest BCUT2D eigenvalue weighted by atomic mass is 10.2. The molecule has 0 aliphatic heterocycles. The van der Waals surface area contributed by atoms with Crippen LogP contribution in [0.4, 0.5) is 5.69 Å². The molecule has 0 aliphatic rings. The minimum atomic E-state index is -0.494. The molecule has 2 N–H and O–H groups in total. The van der Waals surface area contributed by atoms with Crippen molar-refractivity contribution in [3.8, 4) is 6.07 Å². The Hall–Kier alpha value is -2.13. The predicted molar refractivity (Wildman–Crippen MR) is 60.1 cm³/mol. The maximum Gasteiger partial charge on any atom is 0.340 e. The van der Waals surface area contributed by atoms with E-state index >= 15 is 0 Å². The van der Waals surface area contributed by atoms with Gasteiger partial charge in [-0.1, -0.05) is 0 Å². The van der Waals surface area contributed by atoms with Crippen molar-refractivity contribution in [2.75, 3.05) is 12.8 Å². The zero-order valence-corrected chi connectivity index (χ0v) is 9.17. The average molecular weight is 233 g/mol. The van der Waals surface area contributed by atoms with Gasteiger partial charge in [0.25, 0.3) is 0 Å². The van der Waals surface area contributed by atoms with Crippen LogP contribution in [0.5, 0.6) is 0 Å². The Morgan fingerprint density at radius 2 is 2.38 bits per heavy atom. The van der Waals surface area contributed by atoms with Gasteiger partial charge in [0, 0.05) is 0 Å². The second-order valence-electron chi connectivity index (χ2n) is 3.00. The fraction of sp³-hybridized carbons (Fsp3) is 0.100. The molecule has 0 atom stereocenters. The molecule has 1 aromatic heterocycles. The monoisotopic (exact) mass is 233 g/mol. The van der Waals surface area contributed by atoms with Crippen LogP contribution in [0.2, 0.25) is 0 Å². The van der Waals surface area contributed by atoms with Crippen molar-refractivity contribution in [1.29, 1.82) is 5.26 Å². The Morgan fingerprint density at radius 3 is 3.00 bits per heavy atom. The molecule has 0 unspecified atom stereocenters. The number of esters is 1. The molecule has 0 bridgehead atoms. The molecule has 1 aromatic carbocycles. The summed E-state index contributed by atoms with van der Waals surface area (Å²) in [5.74, 6) is -0.494. The van der Waals surface area contributed by atoms with Crippen LogP contribution in [0.25, 0.3) is 10.2 Å². The Morgan fingerprint density at radius 1 is 1.62 bits per heavy atom. The van der Waals surface area contributed by atoms with Crippen molar-refractivity contribution in [3.63, 3.8) is 0 Å². The van der Waals surface area contributed by atoms with Crippen molar-refractivity contribution in [1.82, 2.24) is 4.98 Å². The van der Waals surface area contributed by atoms with Crippen LogP contribution in [0.15, 0.2) is 12.1 Å². The molecule has 2 rings (SSSR count). The van der Waals surface area contributed by atoms with Crippen LogP contribution in [-0.2, 0) is 4.74 Å². The van der Waals surface area contributed by atoms with Crippen LogP contribution in [0.3, 0.4) is 0 Å². The Labute approximate surface area is 95.1 Å². The highest BCUT2D eigenvalue weighted by Gasteiger charge is 2.15. The number of benzene rings is 1. The molecular weight excluding hydrogens is 226 g/mol. The molecule has 5 nitrogen and oxygen atoms in total. The number of aromatic nitrogens is 1. The van der Waals surface area contributed by atoms with E-state index in [9.17, 15) is 4.79 Å². The van der Waals surface area contributed by atoms with Gasteiger partial charge in [-0.15, -0.1) is 11.3 Å². The van der Waals surface area contributed by atoms with Crippen LogP contribution in [0.1, 0.15) is 15.4 Å². The number of hydrogen-bond donors (Lipinski definition) is 1. The molecular formula is C10H7N3O2S. The van der Waals surface area contributed by atoms with Crippen molar-refractivity contribution < 1.29 is 9.53 Å². The standard InChI is InChI=1S/C10H7N3O2S/c1-15-10(14)5-2-3-6-9(8(5)12)16-7(4-11)13-6/h2-3H,12H2,1H3. The number of thiazole rings is 1. The molecule has 6 heteroatoms. The fourth-order valence-electron chi connectivity index (χ4n) is 1.35. The second-order valence-corrected chi connectivity index (χ2v) is 4.00. The third-order valence-electron chi connectivity index (χ3n) is 2.10. The first-order chi connectivity index (χ1) is 7.67. The van der Waals surface area contributed by atoms with Gasteiger partial charge < -0.3 is 10.5 Å². The smallest absolute Gasteiger partial charge is 0.340 e. The van der Waals surface area contributed by atoms with Crippen molar-refractivity contribution in [3.05, 3.63) is 22.7 Å². The third-order valence-corrected chi connectivity index (χ3v) is 3.11. The summed E-state index contributed by atoms with van der Waals surface area (Å²) < 4.78 is 5.24. The van der Waals surface area contributed by atoms with E-state index in [0.717, 1.165) is 11.3 Å². The van der Waals surface area contributed by atoms with Crippen molar-refractivity contribution in [2.24, 2.45) is 0 Å². The summed E-state index contributed by atoms with van der Waals surface area (Å²) >= 11 is 1.16. The maximum atomic E-state index is 11.4. The number of hydrogen-bond acceptors (Lipinski definition) is 6. The lowest BCUT2D eigenvalue weighted by Gasteiger charge is -2.03. The van der Waals surface area contributed by atoms with Crippen LogP contribution < -0.4 is 5.73 Å². The Balaban J connectivity index is 2.70. The summed E-state index contributed by atoms with van der Waals surface area (Å²) in [4.78, 5) is 15.4. The quantitative estimate of drug-likeness (QED) is 0.596. The average Bonchev–Trinajstić information content (AvgIpc) is 2.72. The number of methoxy groups -OCH3 is 1. The summed E-state index contributed by atoms with van der Waals surface area (Å²) in [7, 11) is 1.29. The number of ether oxygens (including phenoxy) is 1. The second kappa shape index (κ2) is 3.79. The summed E-state index contributed by atoms with van der Waals surface area (Å²) in [6.07, 6.45) is 0. The summed E-state index contributed by atoms with van der Waals surface area (Å²) in [5.41, 5.74) is 7.04. The molecule has 0 fully saturated rings. The molecule has 0 aliphatic carbocycles. The molecule has 0 amide bonds. The summed E-state index contributed by atoms with van der Waals surface area (Å²) in [6, 6.07) is 5.14. The van der Waals surface area contributed by atoms with E-state index < -0.39 is 5.97 Å². The van der Waals surface area contributed by atoms with Gasteiger partial charge in [-0.05, 0) is 12.1 Å². The van der Waals surface area contributed by atoms with E-state index in [1.54, 1.807) is 12.1 Å². The van der Waals surface area contributed by atoms with E-state index in [1.807, 2.05) is 6.07 Å². The molecule has 0 spiro atoms. The first kappa shape index (κ1) is 10.4. The van der Waals surface area contributed by atoms with E-state index in [2.05, 4.69) is 9.72 Å². The Bertz CT molecular complexity index is 612. The van der Waals surface area contributed by atoms with Crippen LogP contribution >= 0.6 is 11.3 Å². The fourth-order valence-corrected chi connectivity index (χ4v) is 2.17. The number of nitrogen functional groups attached to an aromatic ring is 1. The van der Waals surface area contributed by atoms with Gasteiger partial charge in [-0.2, -0.15) is 5.26 Å². The van der Waals surface area contributed by atoms with Crippen LogP contribution in [-0.4, -0.2) is 18.1 Å². The lowest BCUT2D eigenvalue weighted by Crippen LogP contribution is -2.05. The minimum absolute atomic E-state index is 0.295. The van der Waals surface area contributed by atoms with E-state index in [-0.39, 0.29) is 0 Å². The molecule has 80 valence electrons. The highest BCUT2D eigenvalue weighted by Crippen LogP contribution is 2.30. The molecule has 1 heterocycles. The zero-order chi connectivity index (χ0) is 11.7. The predicted octanol–water partition coefficient (Wildman–Crippen LogP) is 1.54. The van der Waals surface area contributed by atoms with E-state index in [1.165, 1.54) is 7.11 Å². The SMILES string of the molecule is COC(=O)c1ccc2nc(C#N)sc2c1N. The number of carbonyl (C=O) groups is 1. The highest BCUT2D eigenvalue weighted by molar-refractivity contribution is 7.19. The summed E-state index contributed by atoms with van der Waals surface area (Å²) in [6.45, 7) is 0. The Kier molecular flexibility index (Phi) is 2.46. The largest absolute Gasteiger partial charge is 0.465 e. The number of anilines is 1. The molecule has 2 aromatic rings. The first-order valence-electron chi connectivity index (χ1n) is 4.34. The van der Waals surface area contributed by atoms with Gasteiger partial charge in [-0.25, -0.2) is 9.78 Å². The number of carbonyl (C=O) groups excluding carboxylic acids is 1. The van der Waals surface area contributed by atoms with Crippen molar-refractivity contribution >= 4 is 33.2 Å². The van der Waals surface area contributed by atoms with E-state index in [4.69, 9.17) is 11.0 Å². The van der Waals surface area contributed by atoms with Gasteiger partial charge >= 0.3 is 5.97 Å². The number of nitrogens with two attached hydrogens (primary N) is 1. The van der Waals surface area contributed by atoms with Gasteiger partial charge in [0.2, 0.25) is 0 Å². The summed E-state index contributed by atoms with van der Waals surface area (Å²) in [5, 5.41) is 9.04. The molecule has 16 heavy (non-hydrogen) atoms. The van der Waals surface area contributed by atoms with Gasteiger partial charge in [0.15, 0.2) is 5.01 Å².